The van der Waals surface area contributed by atoms with E-state index in [2.05, 4.69) is 11.1 Å². The molecule has 7 heteroatoms. The molecular weight excluding hydrogens is 469 g/mol. The lowest BCUT2D eigenvalue weighted by Gasteiger charge is -2.51. The summed E-state index contributed by atoms with van der Waals surface area (Å²) in [6, 6.07) is 22.2. The molecule has 188 valence electrons. The normalized spacial score (nSPS) is 21.2. The van der Waals surface area contributed by atoms with Gasteiger partial charge in [0, 0.05) is 29.9 Å². The maximum atomic E-state index is 14.1. The zero-order valence-corrected chi connectivity index (χ0v) is 20.8. The topological polar surface area (TPSA) is 65.6 Å². The number of ether oxygens (including phenoxy) is 1. The van der Waals surface area contributed by atoms with Crippen molar-refractivity contribution in [3.8, 4) is 5.75 Å². The Kier molecular flexibility index (Phi) is 5.51. The highest BCUT2D eigenvalue weighted by molar-refractivity contribution is 6.01. The molecule has 2 aliphatic rings. The first-order valence-corrected chi connectivity index (χ1v) is 12.5. The van der Waals surface area contributed by atoms with Crippen LogP contribution in [0.1, 0.15) is 35.2 Å². The van der Waals surface area contributed by atoms with E-state index in [-0.39, 0.29) is 30.1 Å². The van der Waals surface area contributed by atoms with Gasteiger partial charge in [0.25, 0.3) is 5.91 Å². The van der Waals surface area contributed by atoms with Crippen LogP contribution in [-0.4, -0.2) is 53.3 Å². The van der Waals surface area contributed by atoms with Crippen molar-refractivity contribution in [1.29, 1.82) is 0 Å². The second kappa shape index (κ2) is 8.76. The maximum absolute atomic E-state index is 14.1. The van der Waals surface area contributed by atoms with Gasteiger partial charge in [-0.2, -0.15) is 0 Å². The number of nitrogens with zero attached hydrogens (tertiary/aromatic N) is 2. The van der Waals surface area contributed by atoms with Crippen LogP contribution in [0.4, 0.5) is 4.39 Å². The van der Waals surface area contributed by atoms with Crippen LogP contribution in [0.15, 0.2) is 72.8 Å². The molecule has 4 aromatic rings. The van der Waals surface area contributed by atoms with Gasteiger partial charge in [-0.1, -0.05) is 42.5 Å². The number of hydrogen-bond acceptors (Lipinski definition) is 3. The third-order valence-corrected chi connectivity index (χ3v) is 7.92. The molecule has 3 heterocycles. The van der Waals surface area contributed by atoms with E-state index in [1.807, 2.05) is 49.4 Å². The minimum absolute atomic E-state index is 0.0283. The number of aromatic nitrogens is 1. The number of carbonyl (C=O) groups is 2. The number of rotatable bonds is 5. The lowest BCUT2D eigenvalue weighted by Crippen LogP contribution is -2.67. The number of methoxy groups -OCH3 is 1. The number of para-hydroxylation sites is 1. The van der Waals surface area contributed by atoms with Gasteiger partial charge in [-0.25, -0.2) is 4.39 Å². The SMILES string of the molecule is COc1ccc(C2CN3C(=O)CN(CCc4ccc(F)cc4)C(=O)[C@]3(C)c3[nH]c4ccccc4c32)cc1. The Morgan fingerprint density at radius 1 is 1.03 bits per heavy atom. The van der Waals surface area contributed by atoms with Crippen LogP contribution in [0.2, 0.25) is 0 Å². The molecule has 37 heavy (non-hydrogen) atoms. The molecule has 6 nitrogen and oxygen atoms in total. The molecule has 0 bridgehead atoms. The van der Waals surface area contributed by atoms with Crippen molar-refractivity contribution in [3.05, 3.63) is 101 Å². The predicted molar refractivity (Wildman–Crippen MR) is 139 cm³/mol. The Labute approximate surface area is 214 Å². The van der Waals surface area contributed by atoms with Crippen LogP contribution in [0.25, 0.3) is 10.9 Å². The summed E-state index contributed by atoms with van der Waals surface area (Å²) < 4.78 is 18.7. The van der Waals surface area contributed by atoms with Crippen molar-refractivity contribution in [3.63, 3.8) is 0 Å². The van der Waals surface area contributed by atoms with Crippen molar-refractivity contribution in [2.24, 2.45) is 0 Å². The standard InChI is InChI=1S/C30H28FN3O3/c1-30-28-27(23-5-3-4-6-25(23)32-28)24(20-9-13-22(37-2)14-10-20)17-34(30)26(35)18-33(29(30)36)16-15-19-7-11-21(31)12-8-19/h3-14,24,32H,15-18H2,1-2H3/t24?,30-/m0/s1. The highest BCUT2D eigenvalue weighted by Crippen LogP contribution is 2.48. The van der Waals surface area contributed by atoms with E-state index in [4.69, 9.17) is 4.74 Å². The first-order chi connectivity index (χ1) is 17.9. The summed E-state index contributed by atoms with van der Waals surface area (Å²) in [4.78, 5) is 34.6. The lowest BCUT2D eigenvalue weighted by atomic mass is 9.76. The number of piperazine rings is 1. The van der Waals surface area contributed by atoms with Crippen LogP contribution < -0.4 is 4.74 Å². The van der Waals surface area contributed by atoms with Gasteiger partial charge >= 0.3 is 0 Å². The van der Waals surface area contributed by atoms with Gasteiger partial charge in [-0.15, -0.1) is 0 Å². The number of amides is 2. The van der Waals surface area contributed by atoms with Crippen molar-refractivity contribution in [2.75, 3.05) is 26.7 Å². The van der Waals surface area contributed by atoms with Crippen molar-refractivity contribution < 1.29 is 18.7 Å². The fourth-order valence-corrected chi connectivity index (χ4v) is 5.91. The van der Waals surface area contributed by atoms with Gasteiger partial charge in [0.2, 0.25) is 5.91 Å². The summed E-state index contributed by atoms with van der Waals surface area (Å²) in [5.41, 5.74) is 3.61. The zero-order valence-electron chi connectivity index (χ0n) is 20.8. The van der Waals surface area contributed by atoms with Crippen LogP contribution in [0, 0.1) is 5.82 Å². The van der Waals surface area contributed by atoms with E-state index in [1.165, 1.54) is 12.1 Å². The van der Waals surface area contributed by atoms with Crippen LogP contribution in [0.5, 0.6) is 5.75 Å². The molecule has 1 aromatic heterocycles. The number of carbonyl (C=O) groups excluding carboxylic acids is 2. The summed E-state index contributed by atoms with van der Waals surface area (Å²) in [7, 11) is 1.64. The predicted octanol–water partition coefficient (Wildman–Crippen LogP) is 4.59. The second-order valence-electron chi connectivity index (χ2n) is 9.96. The van der Waals surface area contributed by atoms with Crippen molar-refractivity contribution in [1.82, 2.24) is 14.8 Å². The second-order valence-corrected chi connectivity index (χ2v) is 9.96. The largest absolute Gasteiger partial charge is 0.497 e. The van der Waals surface area contributed by atoms with Crippen molar-refractivity contribution >= 4 is 22.7 Å². The van der Waals surface area contributed by atoms with E-state index in [1.54, 1.807) is 29.0 Å². The Balaban J connectivity index is 1.42. The third-order valence-electron chi connectivity index (χ3n) is 7.92. The van der Waals surface area contributed by atoms with Crippen LogP contribution in [-0.2, 0) is 21.5 Å². The minimum Gasteiger partial charge on any atom is -0.497 e. The third kappa shape index (κ3) is 3.68. The van der Waals surface area contributed by atoms with Gasteiger partial charge in [0.05, 0.1) is 19.3 Å². The highest BCUT2D eigenvalue weighted by Gasteiger charge is 2.56. The van der Waals surface area contributed by atoms with Gasteiger partial charge in [-0.3, -0.25) is 9.59 Å². The molecule has 1 N–H and O–H groups in total. The summed E-state index contributed by atoms with van der Waals surface area (Å²) >= 11 is 0. The molecule has 1 fully saturated rings. The van der Waals surface area contributed by atoms with E-state index in [0.29, 0.717) is 19.5 Å². The molecule has 2 atom stereocenters. The van der Waals surface area contributed by atoms with E-state index < -0.39 is 5.54 Å². The van der Waals surface area contributed by atoms with Gasteiger partial charge in [-0.05, 0) is 60.4 Å². The molecule has 0 spiro atoms. The molecule has 0 aliphatic carbocycles. The average Bonchev–Trinajstić information content (AvgIpc) is 3.32. The highest BCUT2D eigenvalue weighted by atomic mass is 19.1. The molecule has 3 aromatic carbocycles. The monoisotopic (exact) mass is 497 g/mol. The molecule has 6 rings (SSSR count). The number of fused-ring (bicyclic) bond motifs is 5. The Hall–Kier alpha value is -4.13. The number of H-pyrrole nitrogens is 1. The fraction of sp³-hybridized carbons (Fsp3) is 0.267. The Morgan fingerprint density at radius 2 is 1.76 bits per heavy atom. The Morgan fingerprint density at radius 3 is 2.49 bits per heavy atom. The van der Waals surface area contributed by atoms with Gasteiger partial charge < -0.3 is 19.5 Å². The summed E-state index contributed by atoms with van der Waals surface area (Å²) in [5, 5.41) is 1.06. The first-order valence-electron chi connectivity index (χ1n) is 12.5. The smallest absolute Gasteiger partial charge is 0.254 e. The molecule has 2 amide bonds. The lowest BCUT2D eigenvalue weighted by molar-refractivity contribution is -0.166. The summed E-state index contributed by atoms with van der Waals surface area (Å²) in [6.07, 6.45) is 0.545. The molecule has 1 saturated heterocycles. The molecule has 2 aliphatic heterocycles. The molecule has 0 radical (unpaired) electrons. The average molecular weight is 498 g/mol. The fourth-order valence-electron chi connectivity index (χ4n) is 5.91. The van der Waals surface area contributed by atoms with E-state index in [0.717, 1.165) is 39.0 Å². The minimum atomic E-state index is -1.14. The number of aromatic amines is 1. The zero-order chi connectivity index (χ0) is 25.7. The van der Waals surface area contributed by atoms with Crippen LogP contribution in [0.3, 0.4) is 0 Å². The van der Waals surface area contributed by atoms with Gasteiger partial charge in [0.15, 0.2) is 5.54 Å². The number of nitrogens with one attached hydrogen (secondary N) is 1. The summed E-state index contributed by atoms with van der Waals surface area (Å²) in [5.74, 6) is 0.201. The number of benzene rings is 3. The molecular formula is C30H28FN3O3. The first kappa shape index (κ1) is 23.3. The quantitative estimate of drug-likeness (QED) is 0.439. The van der Waals surface area contributed by atoms with E-state index in [9.17, 15) is 14.0 Å². The number of hydrogen-bond donors (Lipinski definition) is 1. The Bertz CT molecular complexity index is 1500. The van der Waals surface area contributed by atoms with Gasteiger partial charge in [0.1, 0.15) is 11.6 Å². The molecule has 1 unspecified atom stereocenters. The van der Waals surface area contributed by atoms with E-state index >= 15 is 0 Å². The van der Waals surface area contributed by atoms with Crippen LogP contribution >= 0.6 is 0 Å². The number of halogens is 1. The molecule has 0 saturated carbocycles. The van der Waals surface area contributed by atoms with Crippen molar-refractivity contribution in [2.45, 2.75) is 24.8 Å². The summed E-state index contributed by atoms with van der Waals surface area (Å²) in [6.45, 7) is 2.68. The maximum Gasteiger partial charge on any atom is 0.254 e.